The summed E-state index contributed by atoms with van der Waals surface area (Å²) in [5.74, 6) is -0.980. The highest BCUT2D eigenvalue weighted by molar-refractivity contribution is 5.87. The van der Waals surface area contributed by atoms with E-state index in [2.05, 4.69) is 0 Å². The molecule has 1 aromatic heterocycles. The standard InChI is InChI=1S/C22H22F3NO6/c23-22(24,25)10-1-11-31-19(28)9-4-14-2-5-15(6-3-14)26-20(29)17-8-7-16(32-13-27)12-18(17)21(26)30/h2-6,9,13,16,29-30H,1,7-8,10-12H2. The van der Waals surface area contributed by atoms with Gasteiger partial charge in [0.1, 0.15) is 6.10 Å². The van der Waals surface area contributed by atoms with E-state index in [1.807, 2.05) is 0 Å². The van der Waals surface area contributed by atoms with Gasteiger partial charge >= 0.3 is 12.1 Å². The van der Waals surface area contributed by atoms with Crippen molar-refractivity contribution < 1.29 is 42.4 Å². The van der Waals surface area contributed by atoms with E-state index >= 15 is 0 Å². The van der Waals surface area contributed by atoms with Crippen LogP contribution in [0.5, 0.6) is 11.8 Å². The topological polar surface area (TPSA) is 98.0 Å². The molecule has 1 aromatic carbocycles. The number of hydrogen-bond acceptors (Lipinski definition) is 6. The Bertz CT molecular complexity index is 995. The Balaban J connectivity index is 1.64. The molecule has 1 unspecified atom stereocenters. The number of aromatic hydroxyl groups is 2. The third-order valence-corrected chi connectivity index (χ3v) is 5.14. The average molecular weight is 453 g/mol. The molecule has 0 spiro atoms. The summed E-state index contributed by atoms with van der Waals surface area (Å²) >= 11 is 0. The summed E-state index contributed by atoms with van der Waals surface area (Å²) in [6.45, 7) is 0.0470. The summed E-state index contributed by atoms with van der Waals surface area (Å²) in [5.41, 5.74) is 2.22. The van der Waals surface area contributed by atoms with Crippen LogP contribution in [-0.4, -0.2) is 46.1 Å². The molecular weight excluding hydrogens is 431 g/mol. The molecule has 10 heteroatoms. The van der Waals surface area contributed by atoms with Crippen molar-refractivity contribution in [3.8, 4) is 17.4 Å². The van der Waals surface area contributed by atoms with Gasteiger partial charge < -0.3 is 19.7 Å². The third kappa shape index (κ3) is 5.63. The van der Waals surface area contributed by atoms with Gasteiger partial charge in [-0.2, -0.15) is 13.2 Å². The maximum Gasteiger partial charge on any atom is 0.389 e. The predicted molar refractivity (Wildman–Crippen MR) is 107 cm³/mol. The summed E-state index contributed by atoms with van der Waals surface area (Å²) in [4.78, 5) is 22.2. The molecule has 1 atom stereocenters. The zero-order valence-electron chi connectivity index (χ0n) is 17.0. The minimum absolute atomic E-state index is 0.0900. The molecule has 0 radical (unpaired) electrons. The Kier molecular flexibility index (Phi) is 7.12. The lowest BCUT2D eigenvalue weighted by Crippen LogP contribution is -2.21. The van der Waals surface area contributed by atoms with E-state index in [9.17, 15) is 33.0 Å². The van der Waals surface area contributed by atoms with E-state index in [1.165, 1.54) is 10.6 Å². The molecule has 0 bridgehead atoms. The van der Waals surface area contributed by atoms with Crippen LogP contribution in [0.25, 0.3) is 11.8 Å². The predicted octanol–water partition coefficient (Wildman–Crippen LogP) is 3.82. The summed E-state index contributed by atoms with van der Waals surface area (Å²) < 4.78 is 47.2. The number of alkyl halides is 3. The molecule has 1 aliphatic carbocycles. The first-order chi connectivity index (χ1) is 15.2. The van der Waals surface area contributed by atoms with E-state index in [-0.39, 0.29) is 30.9 Å². The lowest BCUT2D eigenvalue weighted by molar-refractivity contribution is -0.146. The average Bonchev–Trinajstić information content (AvgIpc) is 2.99. The number of hydrogen-bond donors (Lipinski definition) is 2. The van der Waals surface area contributed by atoms with Crippen LogP contribution in [0.15, 0.2) is 30.3 Å². The van der Waals surface area contributed by atoms with E-state index in [1.54, 1.807) is 24.3 Å². The number of esters is 1. The lowest BCUT2D eigenvalue weighted by Gasteiger charge is -2.20. The van der Waals surface area contributed by atoms with Gasteiger partial charge in [-0.25, -0.2) is 4.79 Å². The van der Waals surface area contributed by atoms with Crippen LogP contribution in [-0.2, 0) is 31.9 Å². The van der Waals surface area contributed by atoms with Gasteiger partial charge in [0.05, 0.1) is 12.3 Å². The molecule has 0 saturated carbocycles. The first-order valence-corrected chi connectivity index (χ1v) is 9.95. The van der Waals surface area contributed by atoms with Crippen molar-refractivity contribution in [2.75, 3.05) is 6.61 Å². The first kappa shape index (κ1) is 23.2. The van der Waals surface area contributed by atoms with Crippen molar-refractivity contribution in [1.29, 1.82) is 0 Å². The lowest BCUT2D eigenvalue weighted by atomic mass is 9.92. The Labute approximate surface area is 181 Å². The van der Waals surface area contributed by atoms with Crippen molar-refractivity contribution in [2.24, 2.45) is 0 Å². The quantitative estimate of drug-likeness (QED) is 0.273. The van der Waals surface area contributed by atoms with Crippen LogP contribution >= 0.6 is 0 Å². The fourth-order valence-corrected chi connectivity index (χ4v) is 3.58. The fraction of sp³-hybridized carbons (Fsp3) is 0.364. The Morgan fingerprint density at radius 3 is 2.50 bits per heavy atom. The van der Waals surface area contributed by atoms with Gasteiger partial charge in [-0.15, -0.1) is 0 Å². The van der Waals surface area contributed by atoms with Gasteiger partial charge in [0.2, 0.25) is 11.8 Å². The van der Waals surface area contributed by atoms with E-state index in [0.29, 0.717) is 48.1 Å². The fourth-order valence-electron chi connectivity index (χ4n) is 3.58. The molecule has 2 aromatic rings. The molecule has 2 N–H and O–H groups in total. The summed E-state index contributed by atoms with van der Waals surface area (Å²) in [5, 5.41) is 21.2. The number of fused-ring (bicyclic) bond motifs is 1. The maximum atomic E-state index is 12.1. The summed E-state index contributed by atoms with van der Waals surface area (Å²) in [7, 11) is 0. The van der Waals surface area contributed by atoms with E-state index in [0.717, 1.165) is 6.08 Å². The first-order valence-electron chi connectivity index (χ1n) is 9.95. The smallest absolute Gasteiger partial charge is 0.389 e. The van der Waals surface area contributed by atoms with Gasteiger partial charge in [0, 0.05) is 30.0 Å². The van der Waals surface area contributed by atoms with Crippen molar-refractivity contribution in [1.82, 2.24) is 4.57 Å². The molecule has 172 valence electrons. The number of carbonyl (C=O) groups is 2. The van der Waals surface area contributed by atoms with Crippen LogP contribution < -0.4 is 0 Å². The van der Waals surface area contributed by atoms with Gasteiger partial charge in [-0.1, -0.05) is 12.1 Å². The number of ether oxygens (including phenoxy) is 2. The zero-order chi connectivity index (χ0) is 23.3. The molecule has 1 heterocycles. The second-order valence-corrected chi connectivity index (χ2v) is 7.35. The molecule has 0 aliphatic heterocycles. The number of rotatable bonds is 8. The second-order valence-electron chi connectivity index (χ2n) is 7.35. The Morgan fingerprint density at radius 2 is 1.84 bits per heavy atom. The third-order valence-electron chi connectivity index (χ3n) is 5.14. The number of nitrogens with zero attached hydrogens (tertiary/aromatic N) is 1. The Hall–Kier alpha value is -3.43. The number of aromatic nitrogens is 1. The molecule has 7 nitrogen and oxygen atoms in total. The van der Waals surface area contributed by atoms with Crippen molar-refractivity contribution in [3.63, 3.8) is 0 Å². The van der Waals surface area contributed by atoms with Crippen LogP contribution in [0.2, 0.25) is 0 Å². The van der Waals surface area contributed by atoms with E-state index in [4.69, 9.17) is 9.47 Å². The summed E-state index contributed by atoms with van der Waals surface area (Å²) in [6.07, 6.45) is -2.11. The van der Waals surface area contributed by atoms with Crippen LogP contribution in [0, 0.1) is 0 Å². The molecular formula is C22H22F3NO6. The second kappa shape index (κ2) is 9.80. The monoisotopic (exact) mass is 453 g/mol. The number of carbonyl (C=O) groups excluding carboxylic acids is 2. The van der Waals surface area contributed by atoms with Crippen LogP contribution in [0.4, 0.5) is 13.2 Å². The Morgan fingerprint density at radius 1 is 1.16 bits per heavy atom. The number of benzene rings is 1. The van der Waals surface area contributed by atoms with Crippen molar-refractivity contribution >= 4 is 18.5 Å². The van der Waals surface area contributed by atoms with E-state index < -0.39 is 18.6 Å². The van der Waals surface area contributed by atoms with Crippen molar-refractivity contribution in [2.45, 2.75) is 44.4 Å². The van der Waals surface area contributed by atoms with Gasteiger partial charge in [-0.05, 0) is 43.0 Å². The highest BCUT2D eigenvalue weighted by Crippen LogP contribution is 2.41. The number of halogens is 3. The normalized spacial score (nSPS) is 16.0. The van der Waals surface area contributed by atoms with Crippen LogP contribution in [0.1, 0.15) is 36.0 Å². The highest BCUT2D eigenvalue weighted by atomic mass is 19.4. The molecule has 0 saturated heterocycles. The SMILES string of the molecule is O=COC1CCc2c(c(O)n(-c3ccc(C=CC(=O)OCCCC(F)(F)F)cc3)c2O)C1. The molecule has 1 aliphatic rings. The molecule has 32 heavy (non-hydrogen) atoms. The van der Waals surface area contributed by atoms with Crippen molar-refractivity contribution in [3.05, 3.63) is 47.0 Å². The zero-order valence-corrected chi connectivity index (χ0v) is 17.0. The van der Waals surface area contributed by atoms with Gasteiger partial charge in [0.25, 0.3) is 6.47 Å². The molecule has 0 amide bonds. The largest absolute Gasteiger partial charge is 0.494 e. The molecule has 0 fully saturated rings. The summed E-state index contributed by atoms with van der Waals surface area (Å²) in [6, 6.07) is 6.52. The van der Waals surface area contributed by atoms with Gasteiger partial charge in [-0.3, -0.25) is 9.36 Å². The molecule has 3 rings (SSSR count). The highest BCUT2D eigenvalue weighted by Gasteiger charge is 2.30. The minimum atomic E-state index is -4.28. The van der Waals surface area contributed by atoms with Crippen LogP contribution in [0.3, 0.4) is 0 Å². The minimum Gasteiger partial charge on any atom is -0.494 e. The van der Waals surface area contributed by atoms with Gasteiger partial charge in [0.15, 0.2) is 0 Å². The maximum absolute atomic E-state index is 12.1.